The van der Waals surface area contributed by atoms with Crippen LogP contribution in [-0.2, 0) is 0 Å². The number of guanidine groups is 2. The predicted octanol–water partition coefficient (Wildman–Crippen LogP) is -1.44. The van der Waals surface area contributed by atoms with E-state index in [1.54, 1.807) is 4.90 Å². The van der Waals surface area contributed by atoms with Crippen LogP contribution >= 0.6 is 0 Å². The van der Waals surface area contributed by atoms with Crippen LogP contribution in [0.1, 0.15) is 13.8 Å². The van der Waals surface area contributed by atoms with Gasteiger partial charge in [-0.1, -0.05) is 30.9 Å². The standard InChI is InChI=1S/C17H27N9/c1-12-7-6-9-20-16(18)25-17(19)23-13(2)8-10-26(5)11-21-14(3)24-15(4)22-12/h12-13,21-22,24H,3-4,9,11H2,1-2,5H3,(H5,18,19,20,23,25). The van der Waals surface area contributed by atoms with Gasteiger partial charge in [-0.15, -0.1) is 0 Å². The van der Waals surface area contributed by atoms with E-state index in [2.05, 4.69) is 68.2 Å². The third-order valence-corrected chi connectivity index (χ3v) is 2.92. The molecule has 140 valence electrons. The lowest BCUT2D eigenvalue weighted by atomic mass is 10.3. The average molecular weight is 357 g/mol. The van der Waals surface area contributed by atoms with E-state index in [9.17, 15) is 0 Å². The molecule has 1 heterocycles. The van der Waals surface area contributed by atoms with Gasteiger partial charge in [0.25, 0.3) is 0 Å². The van der Waals surface area contributed by atoms with Crippen LogP contribution in [0.15, 0.2) is 34.8 Å². The second-order valence-electron chi connectivity index (χ2n) is 5.58. The smallest absolute Gasteiger partial charge is 0.196 e. The van der Waals surface area contributed by atoms with Crippen molar-refractivity contribution in [3.8, 4) is 23.8 Å². The van der Waals surface area contributed by atoms with E-state index >= 15 is 0 Å². The highest BCUT2D eigenvalue weighted by atomic mass is 15.3. The summed E-state index contributed by atoms with van der Waals surface area (Å²) < 4.78 is 0. The molecule has 0 aliphatic carbocycles. The fourth-order valence-corrected chi connectivity index (χ4v) is 1.78. The lowest BCUT2D eigenvalue weighted by Crippen LogP contribution is -2.42. The maximum atomic E-state index is 5.79. The molecule has 0 amide bonds. The number of nitrogens with two attached hydrogens (primary N) is 2. The highest BCUT2D eigenvalue weighted by Gasteiger charge is 2.02. The average Bonchev–Trinajstić information content (AvgIpc) is 2.53. The Morgan fingerprint density at radius 3 is 2.58 bits per heavy atom. The van der Waals surface area contributed by atoms with Crippen molar-refractivity contribution in [3.63, 3.8) is 0 Å². The summed E-state index contributed by atoms with van der Waals surface area (Å²) in [6, 6.07) is 2.52. The quantitative estimate of drug-likeness (QED) is 0.293. The zero-order chi connectivity index (χ0) is 19.5. The summed E-state index contributed by atoms with van der Waals surface area (Å²) in [6.45, 7) is 12.2. The summed E-state index contributed by atoms with van der Waals surface area (Å²) in [5.74, 6) is 10.3. The Hall–Kier alpha value is -3.46. The van der Waals surface area contributed by atoms with E-state index in [0.29, 0.717) is 18.3 Å². The molecule has 0 fully saturated rings. The van der Waals surface area contributed by atoms with Gasteiger partial charge in [0.2, 0.25) is 0 Å². The van der Waals surface area contributed by atoms with Gasteiger partial charge in [-0.05, 0) is 13.8 Å². The minimum absolute atomic E-state index is 0.129. The first-order valence-corrected chi connectivity index (χ1v) is 8.02. The van der Waals surface area contributed by atoms with Gasteiger partial charge in [0, 0.05) is 13.1 Å². The van der Waals surface area contributed by atoms with Gasteiger partial charge in [-0.2, -0.15) is 0 Å². The minimum atomic E-state index is -0.314. The molecular weight excluding hydrogens is 330 g/mol. The molecule has 0 aromatic carbocycles. The molecule has 0 aromatic rings. The van der Waals surface area contributed by atoms with Crippen LogP contribution in [0, 0.1) is 23.8 Å². The minimum Gasteiger partial charge on any atom is -0.370 e. The number of rotatable bonds is 0. The van der Waals surface area contributed by atoms with E-state index in [0.717, 1.165) is 0 Å². The van der Waals surface area contributed by atoms with Gasteiger partial charge < -0.3 is 32.3 Å². The molecule has 0 spiro atoms. The van der Waals surface area contributed by atoms with Crippen LogP contribution < -0.4 is 32.7 Å². The molecule has 1 aliphatic rings. The Labute approximate surface area is 155 Å². The van der Waals surface area contributed by atoms with Crippen molar-refractivity contribution in [2.24, 2.45) is 21.5 Å². The molecule has 0 bridgehead atoms. The second kappa shape index (κ2) is 10.4. The number of aliphatic imine (C=N–C) groups is 2. The second-order valence-corrected chi connectivity index (χ2v) is 5.58. The largest absolute Gasteiger partial charge is 0.370 e. The van der Waals surface area contributed by atoms with Crippen LogP contribution in [0.3, 0.4) is 0 Å². The van der Waals surface area contributed by atoms with E-state index in [-0.39, 0.29) is 30.5 Å². The fraction of sp³-hybridized carbons (Fsp3) is 0.412. The van der Waals surface area contributed by atoms with Gasteiger partial charge in [0.15, 0.2) is 11.9 Å². The van der Waals surface area contributed by atoms with Gasteiger partial charge in [0.1, 0.15) is 12.6 Å². The molecule has 1 aliphatic heterocycles. The first kappa shape index (κ1) is 20.6. The summed E-state index contributed by atoms with van der Waals surface area (Å²) in [5.41, 5.74) is 11.5. The molecule has 26 heavy (non-hydrogen) atoms. The summed E-state index contributed by atoms with van der Waals surface area (Å²) >= 11 is 0. The summed E-state index contributed by atoms with van der Waals surface area (Å²) in [7, 11) is 1.84. The maximum absolute atomic E-state index is 5.79. The van der Waals surface area contributed by atoms with Gasteiger partial charge in [-0.25, -0.2) is 9.98 Å². The summed E-state index contributed by atoms with van der Waals surface area (Å²) in [4.78, 5) is 10.0. The Morgan fingerprint density at radius 2 is 1.85 bits per heavy atom. The number of hydrogen-bond donors (Lipinski definition) is 6. The highest BCUT2D eigenvalue weighted by molar-refractivity contribution is 5.97. The summed E-state index contributed by atoms with van der Waals surface area (Å²) in [5, 5.41) is 11.9. The van der Waals surface area contributed by atoms with Crippen molar-refractivity contribution < 1.29 is 0 Å². The van der Waals surface area contributed by atoms with Crippen LogP contribution in [0.25, 0.3) is 0 Å². The SMILES string of the molecule is C=C1NCN(C)C#CC(C)N=C(N)NC(N)=NCC#CC(C)NC(=C)N1. The van der Waals surface area contributed by atoms with Crippen LogP contribution in [0.5, 0.6) is 0 Å². The van der Waals surface area contributed by atoms with Crippen molar-refractivity contribution in [3.05, 3.63) is 24.8 Å². The Balaban J connectivity index is 2.91. The lowest BCUT2D eigenvalue weighted by molar-refractivity contribution is 0.444. The molecule has 2 atom stereocenters. The zero-order valence-corrected chi connectivity index (χ0v) is 15.5. The molecule has 1 rings (SSSR count). The first-order chi connectivity index (χ1) is 12.3. The number of nitrogens with one attached hydrogen (secondary N) is 4. The molecule has 0 aromatic heterocycles. The Morgan fingerprint density at radius 1 is 1.12 bits per heavy atom. The number of hydrogen-bond acceptors (Lipinski definition) is 9. The van der Waals surface area contributed by atoms with Crippen LogP contribution in [-0.4, -0.2) is 49.2 Å². The monoisotopic (exact) mass is 357 g/mol. The third kappa shape index (κ3) is 8.99. The highest BCUT2D eigenvalue weighted by Crippen LogP contribution is 1.90. The molecule has 0 saturated heterocycles. The molecule has 8 N–H and O–H groups in total. The third-order valence-electron chi connectivity index (χ3n) is 2.92. The Bertz CT molecular complexity index is 699. The van der Waals surface area contributed by atoms with Crippen LogP contribution in [0.4, 0.5) is 0 Å². The van der Waals surface area contributed by atoms with Gasteiger partial charge in [0.05, 0.1) is 24.4 Å². The maximum Gasteiger partial charge on any atom is 0.196 e. The first-order valence-electron chi connectivity index (χ1n) is 8.02. The van der Waals surface area contributed by atoms with Crippen molar-refractivity contribution >= 4 is 11.9 Å². The van der Waals surface area contributed by atoms with Crippen molar-refractivity contribution in [1.82, 2.24) is 26.2 Å². The fourth-order valence-electron chi connectivity index (χ4n) is 1.78. The van der Waals surface area contributed by atoms with E-state index in [1.165, 1.54) is 0 Å². The Kier molecular flexibility index (Phi) is 8.24. The summed E-state index contributed by atoms with van der Waals surface area (Å²) in [6.07, 6.45) is 0. The van der Waals surface area contributed by atoms with E-state index in [4.69, 9.17) is 11.5 Å². The molecule has 9 heteroatoms. The molecule has 9 nitrogen and oxygen atoms in total. The van der Waals surface area contributed by atoms with Gasteiger partial charge in [-0.3, -0.25) is 5.32 Å². The molecule has 0 saturated carbocycles. The topological polar surface area (TPSA) is 128 Å². The molecule has 2 unspecified atom stereocenters. The van der Waals surface area contributed by atoms with Crippen molar-refractivity contribution in [2.45, 2.75) is 25.9 Å². The van der Waals surface area contributed by atoms with Crippen molar-refractivity contribution in [2.75, 3.05) is 20.3 Å². The normalized spacial score (nSPS) is 22.7. The zero-order valence-electron chi connectivity index (χ0n) is 15.5. The van der Waals surface area contributed by atoms with E-state index in [1.807, 2.05) is 20.9 Å². The predicted molar refractivity (Wildman–Crippen MR) is 106 cm³/mol. The molecule has 0 radical (unpaired) electrons. The van der Waals surface area contributed by atoms with Crippen molar-refractivity contribution in [1.29, 1.82) is 0 Å². The van der Waals surface area contributed by atoms with Gasteiger partial charge >= 0.3 is 0 Å². The lowest BCUT2D eigenvalue weighted by Gasteiger charge is -2.19. The van der Waals surface area contributed by atoms with Crippen LogP contribution in [0.2, 0.25) is 0 Å². The molecular formula is C17H27N9. The van der Waals surface area contributed by atoms with E-state index < -0.39 is 0 Å². The number of nitrogens with zero attached hydrogens (tertiary/aromatic N) is 3.